The molecule has 0 aromatic carbocycles. The van der Waals surface area contributed by atoms with Crippen LogP contribution in [0.15, 0.2) is 23.3 Å². The molecule has 130 valence electrons. The van der Waals surface area contributed by atoms with E-state index in [9.17, 15) is 9.59 Å². The topological polar surface area (TPSA) is 67.3 Å². The molecule has 1 fully saturated rings. The number of piperidine rings is 1. The number of carbonyl (C=O) groups is 1. The van der Waals surface area contributed by atoms with E-state index in [1.165, 1.54) is 0 Å². The zero-order valence-electron chi connectivity index (χ0n) is 14.1. The van der Waals surface area contributed by atoms with E-state index in [2.05, 4.69) is 32.1 Å². The number of carbonyl (C=O) groups excluding carboxylic acids is 1. The van der Waals surface area contributed by atoms with Crippen LogP contribution in [0.2, 0.25) is 0 Å². The maximum absolute atomic E-state index is 12.2. The van der Waals surface area contributed by atoms with Crippen molar-refractivity contribution in [2.24, 2.45) is 0 Å². The van der Waals surface area contributed by atoms with Gasteiger partial charge in [-0.05, 0) is 62.3 Å². The van der Waals surface area contributed by atoms with E-state index in [0.29, 0.717) is 13.1 Å². The third-order valence-electron chi connectivity index (χ3n) is 4.21. The van der Waals surface area contributed by atoms with Crippen LogP contribution in [0.25, 0.3) is 10.9 Å². The first-order valence-corrected chi connectivity index (χ1v) is 9.20. The van der Waals surface area contributed by atoms with E-state index in [1.807, 2.05) is 33.0 Å². The van der Waals surface area contributed by atoms with Gasteiger partial charge in [-0.2, -0.15) is 0 Å². The number of nitrogens with one attached hydrogen (secondary N) is 1. The standard InChI is InChI=1S/C17H22IN3O3/c1-17(2,3)24-16(23)20-8-5-11(6-9-20)21-10-13(18)12-4-7-19-15(22)14(12)21/h4,7,10-11H,5-6,8-9H2,1-3H3,(H,19,22). The van der Waals surface area contributed by atoms with Gasteiger partial charge in [-0.3, -0.25) is 4.79 Å². The van der Waals surface area contributed by atoms with Gasteiger partial charge in [0.05, 0.1) is 0 Å². The lowest BCUT2D eigenvalue weighted by atomic mass is 10.1. The highest BCUT2D eigenvalue weighted by Crippen LogP contribution is 2.29. The zero-order valence-corrected chi connectivity index (χ0v) is 16.3. The number of halogens is 1. The van der Waals surface area contributed by atoms with Crippen molar-refractivity contribution in [2.75, 3.05) is 13.1 Å². The van der Waals surface area contributed by atoms with E-state index >= 15 is 0 Å². The molecule has 1 aliphatic rings. The fraction of sp³-hybridized carbons (Fsp3) is 0.529. The van der Waals surface area contributed by atoms with Crippen LogP contribution in [0.3, 0.4) is 0 Å². The van der Waals surface area contributed by atoms with Crippen LogP contribution in [0.4, 0.5) is 4.79 Å². The molecule has 6 nitrogen and oxygen atoms in total. The minimum atomic E-state index is -0.478. The molecule has 0 radical (unpaired) electrons. The minimum absolute atomic E-state index is 0.0648. The Kier molecular flexibility index (Phi) is 4.63. The molecular weight excluding hydrogens is 421 g/mol. The number of H-pyrrole nitrogens is 1. The molecule has 0 atom stereocenters. The summed E-state index contributed by atoms with van der Waals surface area (Å²) in [7, 11) is 0. The normalized spacial score (nSPS) is 16.6. The van der Waals surface area contributed by atoms with Crippen molar-refractivity contribution < 1.29 is 9.53 Å². The molecule has 1 aliphatic heterocycles. The van der Waals surface area contributed by atoms with Crippen molar-refractivity contribution in [3.05, 3.63) is 32.4 Å². The second-order valence-corrected chi connectivity index (χ2v) is 8.31. The first-order valence-electron chi connectivity index (χ1n) is 8.12. The average molecular weight is 443 g/mol. The highest BCUT2D eigenvalue weighted by atomic mass is 127. The number of aromatic amines is 1. The largest absolute Gasteiger partial charge is 0.444 e. The summed E-state index contributed by atoms with van der Waals surface area (Å²) >= 11 is 2.26. The van der Waals surface area contributed by atoms with Gasteiger partial charge in [0.1, 0.15) is 11.1 Å². The van der Waals surface area contributed by atoms with Gasteiger partial charge >= 0.3 is 6.09 Å². The summed E-state index contributed by atoms with van der Waals surface area (Å²) in [4.78, 5) is 28.9. The van der Waals surface area contributed by atoms with Crippen LogP contribution in [0.1, 0.15) is 39.7 Å². The smallest absolute Gasteiger partial charge is 0.410 e. The lowest BCUT2D eigenvalue weighted by molar-refractivity contribution is 0.0189. The Morgan fingerprint density at radius 2 is 2.00 bits per heavy atom. The van der Waals surface area contributed by atoms with E-state index < -0.39 is 5.60 Å². The molecule has 0 bridgehead atoms. The second kappa shape index (κ2) is 6.42. The van der Waals surface area contributed by atoms with Crippen LogP contribution in [-0.4, -0.2) is 39.2 Å². The number of hydrogen-bond donors (Lipinski definition) is 1. The molecule has 24 heavy (non-hydrogen) atoms. The van der Waals surface area contributed by atoms with Crippen LogP contribution in [0, 0.1) is 3.57 Å². The Labute approximate surface area is 154 Å². The van der Waals surface area contributed by atoms with E-state index in [-0.39, 0.29) is 17.7 Å². The van der Waals surface area contributed by atoms with E-state index in [1.54, 1.807) is 11.1 Å². The summed E-state index contributed by atoms with van der Waals surface area (Å²) in [6.07, 6.45) is 5.09. The van der Waals surface area contributed by atoms with Gasteiger partial charge in [0, 0.05) is 40.5 Å². The Balaban J connectivity index is 1.76. The summed E-state index contributed by atoms with van der Waals surface area (Å²) in [5, 5.41) is 0.980. The molecule has 7 heteroatoms. The van der Waals surface area contributed by atoms with Gasteiger partial charge in [-0.25, -0.2) is 4.79 Å². The van der Waals surface area contributed by atoms with Crippen molar-refractivity contribution in [2.45, 2.75) is 45.3 Å². The van der Waals surface area contributed by atoms with Crippen molar-refractivity contribution in [1.29, 1.82) is 0 Å². The average Bonchev–Trinajstić information content (AvgIpc) is 2.84. The number of likely N-dealkylation sites (tertiary alicyclic amines) is 1. The van der Waals surface area contributed by atoms with Gasteiger partial charge in [0.2, 0.25) is 0 Å². The fourth-order valence-corrected chi connectivity index (χ4v) is 3.85. The SMILES string of the molecule is CC(C)(C)OC(=O)N1CCC(n2cc(I)c3cc[nH]c(=O)c32)CC1. The molecule has 0 aliphatic carbocycles. The summed E-state index contributed by atoms with van der Waals surface area (Å²) < 4.78 is 8.58. The molecule has 0 spiro atoms. The number of hydrogen-bond acceptors (Lipinski definition) is 3. The Hall–Kier alpha value is -1.51. The van der Waals surface area contributed by atoms with Gasteiger partial charge < -0.3 is 19.2 Å². The van der Waals surface area contributed by atoms with Gasteiger partial charge in [-0.1, -0.05) is 0 Å². The molecule has 2 aromatic heterocycles. The maximum Gasteiger partial charge on any atom is 0.410 e. The Morgan fingerprint density at radius 3 is 2.62 bits per heavy atom. The summed E-state index contributed by atoms with van der Waals surface area (Å²) in [6.45, 7) is 6.90. The third-order valence-corrected chi connectivity index (χ3v) is 5.07. The summed E-state index contributed by atoms with van der Waals surface area (Å²) in [6, 6.07) is 2.16. The maximum atomic E-state index is 12.2. The minimum Gasteiger partial charge on any atom is -0.444 e. The Morgan fingerprint density at radius 1 is 1.33 bits per heavy atom. The molecule has 1 amide bonds. The van der Waals surface area contributed by atoms with Crippen LogP contribution < -0.4 is 5.56 Å². The molecule has 2 aromatic rings. The monoisotopic (exact) mass is 443 g/mol. The van der Waals surface area contributed by atoms with Crippen molar-refractivity contribution in [3.63, 3.8) is 0 Å². The molecule has 0 unspecified atom stereocenters. The second-order valence-electron chi connectivity index (χ2n) is 7.15. The molecule has 3 rings (SSSR count). The van der Waals surface area contributed by atoms with Gasteiger partial charge in [0.15, 0.2) is 0 Å². The Bertz CT molecular complexity index is 811. The molecular formula is C17H22IN3O3. The number of ether oxygens (including phenoxy) is 1. The number of rotatable bonds is 1. The predicted octanol–water partition coefficient (Wildman–Crippen LogP) is 3.51. The lowest BCUT2D eigenvalue weighted by Crippen LogP contribution is -2.42. The number of aromatic nitrogens is 2. The van der Waals surface area contributed by atoms with E-state index in [4.69, 9.17) is 4.74 Å². The number of amides is 1. The molecule has 0 saturated carbocycles. The fourth-order valence-electron chi connectivity index (χ4n) is 3.12. The summed E-state index contributed by atoms with van der Waals surface area (Å²) in [5.41, 5.74) is 0.177. The molecule has 1 saturated heterocycles. The quantitative estimate of drug-likeness (QED) is 0.687. The highest BCUT2D eigenvalue weighted by Gasteiger charge is 2.28. The predicted molar refractivity (Wildman–Crippen MR) is 101 cm³/mol. The first-order chi connectivity index (χ1) is 11.3. The summed E-state index contributed by atoms with van der Waals surface area (Å²) in [5.74, 6) is 0. The van der Waals surface area contributed by atoms with Crippen molar-refractivity contribution >= 4 is 39.6 Å². The highest BCUT2D eigenvalue weighted by molar-refractivity contribution is 14.1. The van der Waals surface area contributed by atoms with Crippen molar-refractivity contribution in [3.8, 4) is 0 Å². The van der Waals surface area contributed by atoms with Crippen LogP contribution in [-0.2, 0) is 4.74 Å². The number of nitrogens with zero attached hydrogens (tertiary/aromatic N) is 2. The van der Waals surface area contributed by atoms with Gasteiger partial charge in [-0.15, -0.1) is 0 Å². The van der Waals surface area contributed by atoms with Crippen LogP contribution >= 0.6 is 22.6 Å². The third kappa shape index (κ3) is 3.45. The number of pyridine rings is 1. The zero-order chi connectivity index (χ0) is 17.5. The van der Waals surface area contributed by atoms with Gasteiger partial charge in [0.25, 0.3) is 5.56 Å². The molecule has 3 heterocycles. The van der Waals surface area contributed by atoms with E-state index in [0.717, 1.165) is 27.3 Å². The van der Waals surface area contributed by atoms with Crippen molar-refractivity contribution in [1.82, 2.24) is 14.5 Å². The molecule has 1 N–H and O–H groups in total. The lowest BCUT2D eigenvalue weighted by Gasteiger charge is -2.34. The van der Waals surface area contributed by atoms with Crippen LogP contribution in [0.5, 0.6) is 0 Å². The first kappa shape index (κ1) is 17.3. The number of fused-ring (bicyclic) bond motifs is 1.